The van der Waals surface area contributed by atoms with E-state index in [0.717, 1.165) is 28.0 Å². The van der Waals surface area contributed by atoms with Crippen molar-refractivity contribution in [2.24, 2.45) is 11.3 Å². The zero-order chi connectivity index (χ0) is 36.3. The van der Waals surface area contributed by atoms with Crippen molar-refractivity contribution in [3.8, 4) is 0 Å². The molecule has 8 heteroatoms. The van der Waals surface area contributed by atoms with Gasteiger partial charge in [-0.3, -0.25) is 4.79 Å². The fourth-order valence-corrected chi connectivity index (χ4v) is 6.74. The van der Waals surface area contributed by atoms with Crippen LogP contribution in [-0.2, 0) is 23.1 Å². The predicted octanol–water partition coefficient (Wildman–Crippen LogP) is 8.86. The Morgan fingerprint density at radius 1 is 0.760 bits per heavy atom. The van der Waals surface area contributed by atoms with Crippen molar-refractivity contribution in [3.05, 3.63) is 149 Å². The van der Waals surface area contributed by atoms with E-state index < -0.39 is 22.7 Å². The zero-order valence-corrected chi connectivity index (χ0v) is 30.1. The van der Waals surface area contributed by atoms with Crippen molar-refractivity contribution < 1.29 is 23.5 Å². The molecular weight excluding hydrogens is 633 g/mol. The highest BCUT2D eigenvalue weighted by Crippen LogP contribution is 2.41. The van der Waals surface area contributed by atoms with Gasteiger partial charge in [-0.15, -0.1) is 5.53 Å². The first-order valence-electron chi connectivity index (χ1n) is 17.4. The highest BCUT2D eigenvalue weighted by molar-refractivity contribution is 5.83. The summed E-state index contributed by atoms with van der Waals surface area (Å²) in [6, 6.07) is 34.0. The maximum absolute atomic E-state index is 14.2. The smallest absolute Gasteiger partial charge is 0.340 e. The number of alkyl halides is 3. The number of nitrogens with two attached hydrogens (primary N) is 1. The summed E-state index contributed by atoms with van der Waals surface area (Å²) in [6.45, 7) is 14.5. The van der Waals surface area contributed by atoms with Crippen molar-refractivity contribution in [1.29, 1.82) is 0 Å². The van der Waals surface area contributed by atoms with E-state index in [1.54, 1.807) is 6.07 Å². The number of nitrogens with zero attached hydrogens (tertiary/aromatic N) is 2. The molecule has 1 atom stereocenters. The van der Waals surface area contributed by atoms with Crippen LogP contribution >= 0.6 is 0 Å². The SMILES string of the molecule is CC(C)C[C@H](N1C=C(c2ccc(C(F)(F)F)cc2C(C)C)N(Cc2ccccc2)[NH2+]1)C(NC(=O)C(C)(C)C)(c1ccccc1)c1ccccc1. The Balaban J connectivity index is 1.77. The van der Waals surface area contributed by atoms with E-state index in [2.05, 4.69) is 77.3 Å². The molecule has 0 saturated heterocycles. The van der Waals surface area contributed by atoms with E-state index in [9.17, 15) is 18.0 Å². The van der Waals surface area contributed by atoms with Crippen LogP contribution in [0, 0.1) is 11.3 Å². The van der Waals surface area contributed by atoms with Crippen LogP contribution in [0.15, 0.2) is 115 Å². The molecule has 0 bridgehead atoms. The van der Waals surface area contributed by atoms with Gasteiger partial charge in [-0.2, -0.15) is 18.2 Å². The number of carbonyl (C=O) groups excluding carboxylic acids is 1. The molecule has 1 amide bonds. The Hall–Kier alpha value is -4.56. The summed E-state index contributed by atoms with van der Waals surface area (Å²) in [4.78, 5) is 14.2. The Bertz CT molecular complexity index is 1720. The van der Waals surface area contributed by atoms with E-state index in [4.69, 9.17) is 0 Å². The van der Waals surface area contributed by atoms with E-state index in [-0.39, 0.29) is 23.8 Å². The standard InChI is InChI=1S/C42H49F3N4O/c1-29(2)25-38(41(32-19-13-9-14-20-32,33-21-15-10-16-22-33)46-39(50)40(5,6)7)49-28-37(48(47-49)27-31-17-11-8-12-18-31)35-24-23-34(42(43,44)45)26-36(35)30(3)4/h8-24,26,28-30,38,47H,25,27H2,1-7H3,(H,46,50)/p+1/t38-/m0/s1. The number of nitrogens with one attached hydrogen (secondary N) is 1. The first-order valence-corrected chi connectivity index (χ1v) is 17.4. The Morgan fingerprint density at radius 3 is 1.78 bits per heavy atom. The van der Waals surface area contributed by atoms with Crippen LogP contribution in [-0.4, -0.2) is 22.0 Å². The highest BCUT2D eigenvalue weighted by atomic mass is 19.4. The summed E-state index contributed by atoms with van der Waals surface area (Å²) >= 11 is 0. The zero-order valence-electron chi connectivity index (χ0n) is 30.1. The summed E-state index contributed by atoms with van der Waals surface area (Å²) in [5, 5.41) is 7.90. The third-order valence-corrected chi connectivity index (χ3v) is 9.33. The van der Waals surface area contributed by atoms with Crippen LogP contribution in [0.3, 0.4) is 0 Å². The van der Waals surface area contributed by atoms with Crippen LogP contribution in [0.25, 0.3) is 5.70 Å². The van der Waals surface area contributed by atoms with Crippen molar-refractivity contribution in [3.63, 3.8) is 0 Å². The van der Waals surface area contributed by atoms with Gasteiger partial charge in [-0.1, -0.05) is 146 Å². The average molecular weight is 684 g/mol. The summed E-state index contributed by atoms with van der Waals surface area (Å²) in [5.74, 6) is -0.0246. The molecule has 264 valence electrons. The molecule has 1 aliphatic rings. The van der Waals surface area contributed by atoms with Gasteiger partial charge in [0.15, 0.2) is 0 Å². The molecular formula is C42H50F3N4O+. The van der Waals surface area contributed by atoms with Crippen LogP contribution in [0.5, 0.6) is 0 Å². The van der Waals surface area contributed by atoms with Crippen molar-refractivity contribution in [2.45, 2.75) is 85.1 Å². The number of amides is 1. The molecule has 4 aromatic rings. The lowest BCUT2D eigenvalue weighted by molar-refractivity contribution is -0.899. The van der Waals surface area contributed by atoms with Gasteiger partial charge in [0.2, 0.25) is 5.91 Å². The molecule has 3 N–H and O–H groups in total. The van der Waals surface area contributed by atoms with Crippen molar-refractivity contribution >= 4 is 11.6 Å². The molecule has 50 heavy (non-hydrogen) atoms. The molecule has 0 aromatic heterocycles. The number of hydrogen-bond donors (Lipinski definition) is 2. The maximum atomic E-state index is 14.2. The Morgan fingerprint density at radius 2 is 1.30 bits per heavy atom. The predicted molar refractivity (Wildman–Crippen MR) is 194 cm³/mol. The maximum Gasteiger partial charge on any atom is 0.416 e. The third kappa shape index (κ3) is 7.91. The van der Waals surface area contributed by atoms with Gasteiger partial charge in [-0.05, 0) is 52.6 Å². The monoisotopic (exact) mass is 683 g/mol. The fourth-order valence-electron chi connectivity index (χ4n) is 6.74. The minimum absolute atomic E-state index is 0.0895. The van der Waals surface area contributed by atoms with Crippen LogP contribution in [0.4, 0.5) is 13.2 Å². The average Bonchev–Trinajstić information content (AvgIpc) is 3.49. The summed E-state index contributed by atoms with van der Waals surface area (Å²) in [5.41, 5.74) is 4.85. The normalized spacial score (nSPS) is 14.7. The van der Waals surface area contributed by atoms with E-state index in [1.807, 2.05) is 89.2 Å². The largest absolute Gasteiger partial charge is 0.416 e. The summed E-state index contributed by atoms with van der Waals surface area (Å²) < 4.78 is 41.9. The topological polar surface area (TPSA) is 52.2 Å². The molecule has 0 spiro atoms. The molecule has 5 nitrogen and oxygen atoms in total. The van der Waals surface area contributed by atoms with Crippen LogP contribution in [0.2, 0.25) is 0 Å². The fraction of sp³-hybridized carbons (Fsp3) is 0.357. The molecule has 0 unspecified atom stereocenters. The first-order chi connectivity index (χ1) is 23.6. The number of rotatable bonds is 11. The van der Waals surface area contributed by atoms with Gasteiger partial charge in [-0.25, -0.2) is 5.01 Å². The third-order valence-electron chi connectivity index (χ3n) is 9.33. The lowest BCUT2D eigenvalue weighted by atomic mass is 9.73. The number of hydrogen-bond acceptors (Lipinski definition) is 3. The number of carbonyl (C=O) groups is 1. The van der Waals surface area contributed by atoms with Gasteiger partial charge >= 0.3 is 6.18 Å². The number of quaternary nitrogens is 1. The van der Waals surface area contributed by atoms with E-state index >= 15 is 0 Å². The highest BCUT2D eigenvalue weighted by Gasteiger charge is 2.50. The molecule has 1 heterocycles. The molecule has 5 rings (SSSR count). The number of halogens is 3. The molecule has 0 radical (unpaired) electrons. The summed E-state index contributed by atoms with van der Waals surface area (Å²) in [7, 11) is 0. The minimum atomic E-state index is -4.45. The number of benzene rings is 4. The Labute approximate surface area is 295 Å². The summed E-state index contributed by atoms with van der Waals surface area (Å²) in [6.07, 6.45) is -1.70. The first kappa shape index (κ1) is 36.7. The molecule has 0 aliphatic carbocycles. The molecule has 0 saturated carbocycles. The van der Waals surface area contributed by atoms with E-state index in [0.29, 0.717) is 18.5 Å². The van der Waals surface area contributed by atoms with Crippen molar-refractivity contribution in [1.82, 2.24) is 15.3 Å². The lowest BCUT2D eigenvalue weighted by Gasteiger charge is -2.46. The van der Waals surface area contributed by atoms with Gasteiger partial charge in [0.25, 0.3) is 0 Å². The van der Waals surface area contributed by atoms with Gasteiger partial charge in [0.05, 0.1) is 18.3 Å². The van der Waals surface area contributed by atoms with Crippen LogP contribution < -0.4 is 10.9 Å². The molecule has 1 aliphatic heterocycles. The second kappa shape index (κ2) is 14.7. The second-order valence-electron chi connectivity index (χ2n) is 15.0. The van der Waals surface area contributed by atoms with Crippen molar-refractivity contribution in [2.75, 3.05) is 0 Å². The molecule has 0 fully saturated rings. The second-order valence-corrected chi connectivity index (χ2v) is 15.0. The Kier molecular flexibility index (Phi) is 10.8. The quantitative estimate of drug-likeness (QED) is 0.155. The van der Waals surface area contributed by atoms with E-state index in [1.165, 1.54) is 12.1 Å². The lowest BCUT2D eigenvalue weighted by Crippen LogP contribution is -2.99. The van der Waals surface area contributed by atoms with Gasteiger partial charge in [0.1, 0.15) is 17.3 Å². The van der Waals surface area contributed by atoms with Crippen LogP contribution in [0.1, 0.15) is 94.2 Å². The van der Waals surface area contributed by atoms with Gasteiger partial charge in [0, 0.05) is 11.0 Å². The molecule has 4 aromatic carbocycles. The minimum Gasteiger partial charge on any atom is -0.340 e. The van der Waals surface area contributed by atoms with Gasteiger partial charge < -0.3 is 5.32 Å².